The van der Waals surface area contributed by atoms with Gasteiger partial charge in [0.15, 0.2) is 11.5 Å². The van der Waals surface area contributed by atoms with Crippen LogP contribution in [-0.4, -0.2) is 36.2 Å². The number of benzene rings is 3. The van der Waals surface area contributed by atoms with Gasteiger partial charge in [0.2, 0.25) is 0 Å². The van der Waals surface area contributed by atoms with Crippen molar-refractivity contribution in [3.8, 4) is 17.2 Å². The highest BCUT2D eigenvalue weighted by atomic mass is 16.5. The molecule has 170 valence electrons. The number of aryl methyl sites for hydroxylation is 2. The van der Waals surface area contributed by atoms with Crippen LogP contribution in [0.1, 0.15) is 34.2 Å². The lowest BCUT2D eigenvalue weighted by Crippen LogP contribution is -2.25. The van der Waals surface area contributed by atoms with E-state index >= 15 is 0 Å². The van der Waals surface area contributed by atoms with E-state index in [2.05, 4.69) is 41.1 Å². The zero-order chi connectivity index (χ0) is 23.4. The fraction of sp³-hybridized carbons (Fsp3) is 0.259. The fourth-order valence-electron chi connectivity index (χ4n) is 4.01. The summed E-state index contributed by atoms with van der Waals surface area (Å²) in [5.41, 5.74) is 5.82. The molecule has 4 aromatic rings. The Hall–Kier alpha value is -3.80. The van der Waals surface area contributed by atoms with Crippen LogP contribution in [0.4, 0.5) is 0 Å². The highest BCUT2D eigenvalue weighted by Crippen LogP contribution is 2.27. The number of rotatable bonds is 8. The average Bonchev–Trinajstić information content (AvgIpc) is 3.18. The van der Waals surface area contributed by atoms with Crippen LogP contribution < -0.4 is 14.8 Å². The predicted octanol–water partition coefficient (Wildman–Crippen LogP) is 4.89. The number of carbonyl (C=O) groups is 1. The van der Waals surface area contributed by atoms with Crippen molar-refractivity contribution in [3.05, 3.63) is 83.2 Å². The number of carbonyl (C=O) groups excluding carboxylic acids is 1. The number of hydrogen-bond acceptors (Lipinski definition) is 4. The Balaban J connectivity index is 1.47. The first-order chi connectivity index (χ1) is 16.0. The van der Waals surface area contributed by atoms with Gasteiger partial charge in [-0.15, -0.1) is 0 Å². The van der Waals surface area contributed by atoms with Crippen LogP contribution in [0.15, 0.2) is 60.7 Å². The minimum atomic E-state index is -0.114. The summed E-state index contributed by atoms with van der Waals surface area (Å²) in [5, 5.41) is 3.00. The molecule has 6 heteroatoms. The third-order valence-corrected chi connectivity index (χ3v) is 5.83. The normalized spacial score (nSPS) is 10.9. The molecule has 3 aromatic carbocycles. The van der Waals surface area contributed by atoms with Gasteiger partial charge >= 0.3 is 0 Å². The molecule has 0 atom stereocenters. The zero-order valence-corrected chi connectivity index (χ0v) is 19.5. The van der Waals surface area contributed by atoms with E-state index in [1.807, 2.05) is 43.3 Å². The molecule has 0 aliphatic rings. The predicted molar refractivity (Wildman–Crippen MR) is 131 cm³/mol. The van der Waals surface area contributed by atoms with Crippen LogP contribution in [0, 0.1) is 6.92 Å². The van der Waals surface area contributed by atoms with E-state index in [0.29, 0.717) is 30.0 Å². The van der Waals surface area contributed by atoms with Crippen molar-refractivity contribution in [3.63, 3.8) is 0 Å². The molecule has 1 heterocycles. The molecular formula is C27H29N3O3. The second-order valence-electron chi connectivity index (χ2n) is 7.91. The lowest BCUT2D eigenvalue weighted by atomic mass is 10.1. The van der Waals surface area contributed by atoms with Crippen LogP contribution in [0.25, 0.3) is 16.7 Å². The number of aromatic nitrogens is 2. The zero-order valence-electron chi connectivity index (χ0n) is 19.5. The minimum absolute atomic E-state index is 0.114. The van der Waals surface area contributed by atoms with E-state index in [4.69, 9.17) is 14.5 Å². The number of hydrogen-bond donors (Lipinski definition) is 1. The van der Waals surface area contributed by atoms with Gasteiger partial charge in [-0.25, -0.2) is 4.98 Å². The lowest BCUT2D eigenvalue weighted by molar-refractivity contribution is 0.0954. The van der Waals surface area contributed by atoms with Gasteiger partial charge in [-0.05, 0) is 73.4 Å². The summed E-state index contributed by atoms with van der Waals surface area (Å²) in [5.74, 6) is 2.15. The molecule has 0 saturated heterocycles. The summed E-state index contributed by atoms with van der Waals surface area (Å²) in [4.78, 5) is 17.4. The van der Waals surface area contributed by atoms with Crippen LogP contribution in [0.3, 0.4) is 0 Å². The van der Waals surface area contributed by atoms with Crippen molar-refractivity contribution in [2.45, 2.75) is 26.7 Å². The monoisotopic (exact) mass is 443 g/mol. The van der Waals surface area contributed by atoms with Crippen molar-refractivity contribution in [1.82, 2.24) is 14.9 Å². The second kappa shape index (κ2) is 9.77. The maximum absolute atomic E-state index is 12.7. The number of methoxy groups -OCH3 is 2. The molecule has 1 N–H and O–H groups in total. The summed E-state index contributed by atoms with van der Waals surface area (Å²) in [6, 6.07) is 20.0. The molecule has 4 rings (SSSR count). The van der Waals surface area contributed by atoms with Crippen molar-refractivity contribution in [1.29, 1.82) is 0 Å². The largest absolute Gasteiger partial charge is 0.493 e. The maximum Gasteiger partial charge on any atom is 0.251 e. The Labute approximate surface area is 194 Å². The van der Waals surface area contributed by atoms with E-state index in [0.717, 1.165) is 34.5 Å². The molecule has 1 amide bonds. The summed E-state index contributed by atoms with van der Waals surface area (Å²) >= 11 is 0. The van der Waals surface area contributed by atoms with E-state index in [1.165, 1.54) is 5.56 Å². The average molecular weight is 444 g/mol. The van der Waals surface area contributed by atoms with Crippen molar-refractivity contribution in [2.75, 3.05) is 20.8 Å². The smallest absolute Gasteiger partial charge is 0.251 e. The van der Waals surface area contributed by atoms with Crippen molar-refractivity contribution >= 4 is 16.9 Å². The van der Waals surface area contributed by atoms with Crippen molar-refractivity contribution in [2.24, 2.45) is 0 Å². The Kier molecular flexibility index (Phi) is 6.63. The number of imidazole rings is 1. The highest BCUT2D eigenvalue weighted by Gasteiger charge is 2.13. The number of amides is 1. The molecule has 0 aliphatic heterocycles. The Morgan fingerprint density at radius 2 is 1.67 bits per heavy atom. The Bertz CT molecular complexity index is 1280. The third kappa shape index (κ3) is 4.70. The highest BCUT2D eigenvalue weighted by molar-refractivity contribution is 5.97. The van der Waals surface area contributed by atoms with E-state index in [1.54, 1.807) is 14.2 Å². The molecule has 1 aromatic heterocycles. The number of fused-ring (bicyclic) bond motifs is 1. The van der Waals surface area contributed by atoms with Gasteiger partial charge in [0.25, 0.3) is 5.91 Å². The molecule has 33 heavy (non-hydrogen) atoms. The molecule has 0 unspecified atom stereocenters. The van der Waals surface area contributed by atoms with Crippen LogP contribution >= 0.6 is 0 Å². The number of nitrogens with one attached hydrogen (secondary N) is 1. The Morgan fingerprint density at radius 3 is 2.36 bits per heavy atom. The van der Waals surface area contributed by atoms with Gasteiger partial charge in [0.05, 0.1) is 25.3 Å². The second-order valence-corrected chi connectivity index (χ2v) is 7.91. The van der Waals surface area contributed by atoms with Gasteiger partial charge in [0.1, 0.15) is 5.82 Å². The molecule has 0 radical (unpaired) electrons. The summed E-state index contributed by atoms with van der Waals surface area (Å²) in [6.07, 6.45) is 1.70. The van der Waals surface area contributed by atoms with Crippen LogP contribution in [0.5, 0.6) is 11.5 Å². The lowest BCUT2D eigenvalue weighted by Gasteiger charge is -2.10. The quantitative estimate of drug-likeness (QED) is 0.421. The SMILES string of the molecule is CCc1ccc(-n2c(C)nc3cc(C(=O)NCCc4ccc(OC)c(OC)c4)ccc32)cc1. The third-order valence-electron chi connectivity index (χ3n) is 5.83. The van der Waals surface area contributed by atoms with Gasteiger partial charge in [-0.2, -0.15) is 0 Å². The molecule has 0 fully saturated rings. The summed E-state index contributed by atoms with van der Waals surface area (Å²) in [7, 11) is 3.23. The summed E-state index contributed by atoms with van der Waals surface area (Å²) < 4.78 is 12.7. The van der Waals surface area contributed by atoms with E-state index < -0.39 is 0 Å². The fourth-order valence-corrected chi connectivity index (χ4v) is 4.01. The standard InChI is InChI=1S/C27H29N3O3/c1-5-19-6-10-22(11-7-19)30-18(2)29-23-17-21(9-12-24(23)30)27(31)28-15-14-20-8-13-25(32-3)26(16-20)33-4/h6-13,16-17H,5,14-15H2,1-4H3,(H,28,31). The topological polar surface area (TPSA) is 65.4 Å². The molecule has 0 saturated carbocycles. The molecule has 6 nitrogen and oxygen atoms in total. The Morgan fingerprint density at radius 1 is 0.939 bits per heavy atom. The van der Waals surface area contributed by atoms with Gasteiger partial charge in [-0.1, -0.05) is 25.1 Å². The van der Waals surface area contributed by atoms with Crippen LogP contribution in [0.2, 0.25) is 0 Å². The van der Waals surface area contributed by atoms with Gasteiger partial charge < -0.3 is 14.8 Å². The number of nitrogens with zero attached hydrogens (tertiary/aromatic N) is 2. The molecule has 0 bridgehead atoms. The first-order valence-electron chi connectivity index (χ1n) is 11.1. The van der Waals surface area contributed by atoms with Crippen LogP contribution in [-0.2, 0) is 12.8 Å². The molecular weight excluding hydrogens is 414 g/mol. The van der Waals surface area contributed by atoms with E-state index in [-0.39, 0.29) is 5.91 Å². The minimum Gasteiger partial charge on any atom is -0.493 e. The molecule has 0 spiro atoms. The van der Waals surface area contributed by atoms with E-state index in [9.17, 15) is 4.79 Å². The summed E-state index contributed by atoms with van der Waals surface area (Å²) in [6.45, 7) is 4.65. The number of ether oxygens (including phenoxy) is 2. The van der Waals surface area contributed by atoms with Gasteiger partial charge in [-0.3, -0.25) is 9.36 Å². The first-order valence-corrected chi connectivity index (χ1v) is 11.1. The molecule has 0 aliphatic carbocycles. The van der Waals surface area contributed by atoms with Gasteiger partial charge in [0, 0.05) is 17.8 Å². The maximum atomic E-state index is 12.7. The first kappa shape index (κ1) is 22.4. The van der Waals surface area contributed by atoms with Crippen molar-refractivity contribution < 1.29 is 14.3 Å².